The monoisotopic (exact) mass is 345 g/mol. The van der Waals surface area contributed by atoms with E-state index in [4.69, 9.17) is 0 Å². The van der Waals surface area contributed by atoms with Crippen LogP contribution in [0.1, 0.15) is 39.3 Å². The Morgan fingerprint density at radius 1 is 1.32 bits per heavy atom. The summed E-state index contributed by atoms with van der Waals surface area (Å²) in [5.74, 6) is -0.528. The summed E-state index contributed by atoms with van der Waals surface area (Å²) in [7, 11) is 0. The summed E-state index contributed by atoms with van der Waals surface area (Å²) in [5, 5.41) is 12.7. The zero-order chi connectivity index (χ0) is 17.8. The Kier molecular flexibility index (Phi) is 5.06. The van der Waals surface area contributed by atoms with E-state index in [-0.39, 0.29) is 11.8 Å². The van der Waals surface area contributed by atoms with Crippen molar-refractivity contribution < 1.29 is 14.0 Å². The normalized spacial score (nSPS) is 15.2. The average Bonchev–Trinajstić information content (AvgIpc) is 3.13. The molecule has 1 aliphatic heterocycles. The Balaban J connectivity index is 1.47. The Bertz CT molecular complexity index is 734. The van der Waals surface area contributed by atoms with Gasteiger partial charge in [0.2, 0.25) is 0 Å². The molecule has 0 radical (unpaired) electrons. The zero-order valence-electron chi connectivity index (χ0n) is 14.0. The van der Waals surface area contributed by atoms with E-state index >= 15 is 0 Å². The molecule has 1 aliphatic rings. The third-order valence-corrected chi connectivity index (χ3v) is 4.39. The average molecular weight is 345 g/mol. The van der Waals surface area contributed by atoms with Crippen molar-refractivity contribution in [3.8, 4) is 0 Å². The highest BCUT2D eigenvalue weighted by Gasteiger charge is 2.25. The van der Waals surface area contributed by atoms with Crippen molar-refractivity contribution in [3.63, 3.8) is 0 Å². The topological polar surface area (TPSA) is 91.0 Å². The molecule has 0 saturated carbocycles. The van der Waals surface area contributed by atoms with Crippen LogP contribution in [0.15, 0.2) is 24.4 Å². The van der Waals surface area contributed by atoms with Crippen molar-refractivity contribution >= 4 is 11.8 Å². The number of benzene rings is 1. The van der Waals surface area contributed by atoms with E-state index in [0.29, 0.717) is 42.4 Å². The first kappa shape index (κ1) is 17.1. The quantitative estimate of drug-likeness (QED) is 0.879. The lowest BCUT2D eigenvalue weighted by Crippen LogP contribution is -2.41. The molecule has 0 atom stereocenters. The molecule has 1 fully saturated rings. The van der Waals surface area contributed by atoms with Gasteiger partial charge in [0.1, 0.15) is 5.82 Å². The molecule has 3 rings (SSSR count). The number of hydrogen-bond acceptors (Lipinski definition) is 4. The van der Waals surface area contributed by atoms with Crippen molar-refractivity contribution in [2.45, 2.75) is 19.8 Å². The van der Waals surface area contributed by atoms with Crippen molar-refractivity contribution in [2.24, 2.45) is 5.92 Å². The molecule has 0 aliphatic carbocycles. The Hall–Kier alpha value is -2.77. The fourth-order valence-electron chi connectivity index (χ4n) is 3.01. The van der Waals surface area contributed by atoms with Crippen LogP contribution in [0.4, 0.5) is 4.39 Å². The number of carbonyl (C=O) groups is 2. The van der Waals surface area contributed by atoms with Gasteiger partial charge in [-0.1, -0.05) is 0 Å². The number of likely N-dealkylation sites (tertiary alicyclic amines) is 1. The van der Waals surface area contributed by atoms with Gasteiger partial charge in [-0.2, -0.15) is 15.4 Å². The minimum atomic E-state index is -0.412. The Morgan fingerprint density at radius 3 is 2.72 bits per heavy atom. The van der Waals surface area contributed by atoms with Crippen LogP contribution in [0.2, 0.25) is 0 Å². The number of aromatic amines is 1. The molecule has 1 saturated heterocycles. The Morgan fingerprint density at radius 2 is 2.08 bits per heavy atom. The van der Waals surface area contributed by atoms with Crippen molar-refractivity contribution in [3.05, 3.63) is 47.0 Å². The number of carbonyl (C=O) groups excluding carboxylic acids is 2. The van der Waals surface area contributed by atoms with E-state index in [1.165, 1.54) is 18.3 Å². The SMILES string of the molecule is Cc1cc(F)cc(C(=O)NCC2CCN(C(=O)c3cn[nH]n3)CC2)c1. The second-order valence-corrected chi connectivity index (χ2v) is 6.32. The minimum absolute atomic E-state index is 0.133. The van der Waals surface area contributed by atoms with Gasteiger partial charge in [0, 0.05) is 25.2 Å². The van der Waals surface area contributed by atoms with Crippen LogP contribution in [0.5, 0.6) is 0 Å². The molecule has 0 bridgehead atoms. The lowest BCUT2D eigenvalue weighted by molar-refractivity contribution is 0.0678. The predicted molar refractivity (Wildman–Crippen MR) is 88.5 cm³/mol. The highest BCUT2D eigenvalue weighted by molar-refractivity contribution is 5.94. The van der Waals surface area contributed by atoms with E-state index < -0.39 is 5.82 Å². The first-order valence-electron chi connectivity index (χ1n) is 8.23. The highest BCUT2D eigenvalue weighted by atomic mass is 19.1. The van der Waals surface area contributed by atoms with Crippen LogP contribution >= 0.6 is 0 Å². The fourth-order valence-corrected chi connectivity index (χ4v) is 3.01. The first-order valence-corrected chi connectivity index (χ1v) is 8.23. The Labute approximate surface area is 144 Å². The second-order valence-electron chi connectivity index (χ2n) is 6.32. The summed E-state index contributed by atoms with van der Waals surface area (Å²) in [4.78, 5) is 26.1. The second kappa shape index (κ2) is 7.42. The molecule has 2 amide bonds. The van der Waals surface area contributed by atoms with Crippen LogP contribution in [0.25, 0.3) is 0 Å². The molecule has 2 heterocycles. The molecule has 132 valence electrons. The number of rotatable bonds is 4. The van der Waals surface area contributed by atoms with Gasteiger partial charge in [-0.05, 0) is 49.4 Å². The summed E-state index contributed by atoms with van der Waals surface area (Å²) in [6.07, 6.45) is 3.01. The van der Waals surface area contributed by atoms with Crippen molar-refractivity contribution in [1.29, 1.82) is 0 Å². The summed E-state index contributed by atoms with van der Waals surface area (Å²) in [6.45, 7) is 3.50. The lowest BCUT2D eigenvalue weighted by atomic mass is 9.96. The molecule has 0 spiro atoms. The maximum Gasteiger partial charge on any atom is 0.276 e. The summed E-state index contributed by atoms with van der Waals surface area (Å²) >= 11 is 0. The van der Waals surface area contributed by atoms with Crippen LogP contribution < -0.4 is 5.32 Å². The van der Waals surface area contributed by atoms with Crippen LogP contribution in [-0.2, 0) is 0 Å². The summed E-state index contributed by atoms with van der Waals surface area (Å²) in [6, 6.07) is 4.29. The number of H-pyrrole nitrogens is 1. The predicted octanol–water partition coefficient (Wildman–Crippen LogP) is 1.53. The molecule has 0 unspecified atom stereocenters. The third-order valence-electron chi connectivity index (χ3n) is 4.39. The standard InChI is InChI=1S/C17H20FN5O2/c1-11-6-13(8-14(18)7-11)16(24)19-9-12-2-4-23(5-3-12)17(25)15-10-20-22-21-15/h6-8,10,12H,2-5,9H2,1H3,(H,19,24)(H,20,21,22). The number of halogens is 1. The molecule has 8 heteroatoms. The van der Waals surface area contributed by atoms with Crippen LogP contribution in [-0.4, -0.2) is 51.8 Å². The molecule has 2 N–H and O–H groups in total. The van der Waals surface area contributed by atoms with Crippen LogP contribution in [0, 0.1) is 18.7 Å². The minimum Gasteiger partial charge on any atom is -0.352 e. The molecule has 1 aromatic carbocycles. The smallest absolute Gasteiger partial charge is 0.276 e. The number of hydrogen-bond donors (Lipinski definition) is 2. The first-order chi connectivity index (χ1) is 12.0. The zero-order valence-corrected chi connectivity index (χ0v) is 14.0. The fraction of sp³-hybridized carbons (Fsp3) is 0.412. The van der Waals surface area contributed by atoms with Crippen LogP contribution in [0.3, 0.4) is 0 Å². The maximum atomic E-state index is 13.4. The largest absolute Gasteiger partial charge is 0.352 e. The molecule has 2 aromatic rings. The van der Waals surface area contributed by atoms with E-state index in [2.05, 4.69) is 20.7 Å². The van der Waals surface area contributed by atoms with Gasteiger partial charge in [-0.25, -0.2) is 4.39 Å². The molecular formula is C17H20FN5O2. The number of piperidine rings is 1. The van der Waals surface area contributed by atoms with E-state index in [1.807, 2.05) is 0 Å². The van der Waals surface area contributed by atoms with Gasteiger partial charge in [0.25, 0.3) is 11.8 Å². The van der Waals surface area contributed by atoms with Gasteiger partial charge in [-0.3, -0.25) is 9.59 Å². The third kappa shape index (κ3) is 4.20. The summed E-state index contributed by atoms with van der Waals surface area (Å²) in [5.41, 5.74) is 1.36. The number of nitrogens with one attached hydrogen (secondary N) is 2. The van der Waals surface area contributed by atoms with E-state index in [1.54, 1.807) is 17.9 Å². The summed E-state index contributed by atoms with van der Waals surface area (Å²) < 4.78 is 13.4. The van der Waals surface area contributed by atoms with Gasteiger partial charge >= 0.3 is 0 Å². The lowest BCUT2D eigenvalue weighted by Gasteiger charge is -2.31. The number of amides is 2. The van der Waals surface area contributed by atoms with Gasteiger partial charge in [0.05, 0.1) is 6.20 Å². The van der Waals surface area contributed by atoms with Crippen molar-refractivity contribution in [1.82, 2.24) is 25.6 Å². The molecular weight excluding hydrogens is 325 g/mol. The van der Waals surface area contributed by atoms with Gasteiger partial charge in [-0.15, -0.1) is 0 Å². The number of nitrogens with zero attached hydrogens (tertiary/aromatic N) is 3. The van der Waals surface area contributed by atoms with E-state index in [0.717, 1.165) is 12.8 Å². The van der Waals surface area contributed by atoms with Crippen molar-refractivity contribution in [2.75, 3.05) is 19.6 Å². The molecule has 1 aromatic heterocycles. The molecule has 7 nitrogen and oxygen atoms in total. The van der Waals surface area contributed by atoms with Gasteiger partial charge in [0.15, 0.2) is 5.69 Å². The highest BCUT2D eigenvalue weighted by Crippen LogP contribution is 2.18. The maximum absolute atomic E-state index is 13.4. The molecule has 25 heavy (non-hydrogen) atoms. The van der Waals surface area contributed by atoms with E-state index in [9.17, 15) is 14.0 Å². The number of aryl methyl sites for hydroxylation is 1. The number of aromatic nitrogens is 3. The van der Waals surface area contributed by atoms with Gasteiger partial charge < -0.3 is 10.2 Å².